The van der Waals surface area contributed by atoms with Gasteiger partial charge in [0, 0.05) is 28.7 Å². The molecule has 19 heavy (non-hydrogen) atoms. The van der Waals surface area contributed by atoms with Gasteiger partial charge >= 0.3 is 0 Å². The molecule has 4 heteroatoms. The summed E-state index contributed by atoms with van der Waals surface area (Å²) in [5, 5.41) is 0. The molecule has 3 rings (SSSR count). The summed E-state index contributed by atoms with van der Waals surface area (Å²) in [6.07, 6.45) is 4.17. The lowest BCUT2D eigenvalue weighted by atomic mass is 10.3. The molecule has 0 saturated heterocycles. The summed E-state index contributed by atoms with van der Waals surface area (Å²) >= 11 is 1.72. The smallest absolute Gasteiger partial charge is 0.137 e. The molecule has 0 fully saturated rings. The Labute approximate surface area is 116 Å². The predicted molar refractivity (Wildman–Crippen MR) is 80.3 cm³/mol. The van der Waals surface area contributed by atoms with Crippen LogP contribution in [0.1, 0.15) is 11.3 Å². The highest BCUT2D eigenvalue weighted by Crippen LogP contribution is 2.27. The number of rotatable bonds is 3. The van der Waals surface area contributed by atoms with Crippen molar-refractivity contribution in [3.05, 3.63) is 60.0 Å². The molecule has 2 aromatic heterocycles. The summed E-state index contributed by atoms with van der Waals surface area (Å²) < 4.78 is 2.07. The van der Waals surface area contributed by atoms with Gasteiger partial charge in [-0.15, -0.1) is 11.8 Å². The molecule has 3 aromatic rings. The zero-order chi connectivity index (χ0) is 13.2. The van der Waals surface area contributed by atoms with Crippen molar-refractivity contribution < 1.29 is 0 Å². The van der Waals surface area contributed by atoms with Crippen molar-refractivity contribution in [3.8, 4) is 0 Å². The lowest BCUT2D eigenvalue weighted by Crippen LogP contribution is -1.88. The predicted octanol–water partition coefficient (Wildman–Crippen LogP) is 3.52. The number of pyridine rings is 1. The number of para-hydroxylation sites is 1. The zero-order valence-electron chi connectivity index (χ0n) is 10.7. The molecule has 0 bridgehead atoms. The van der Waals surface area contributed by atoms with Crippen molar-refractivity contribution in [3.63, 3.8) is 0 Å². The van der Waals surface area contributed by atoms with Gasteiger partial charge in [0.15, 0.2) is 0 Å². The first-order valence-corrected chi connectivity index (χ1v) is 7.12. The summed E-state index contributed by atoms with van der Waals surface area (Å²) in [4.78, 5) is 5.71. The van der Waals surface area contributed by atoms with E-state index in [0.29, 0.717) is 0 Å². The van der Waals surface area contributed by atoms with E-state index in [0.717, 1.165) is 27.7 Å². The van der Waals surface area contributed by atoms with Crippen LogP contribution in [0.4, 0.5) is 5.69 Å². The SMILES string of the molecule is Cc1ccc2nc(CSc3ccccc3N)cn2c1. The average molecular weight is 269 g/mol. The minimum Gasteiger partial charge on any atom is -0.398 e. The standard InChI is InChI=1S/C15H15N3S/c1-11-6-7-15-17-12(9-18(15)8-11)10-19-14-5-3-2-4-13(14)16/h2-9H,10,16H2,1H3. The Morgan fingerprint density at radius 1 is 1.16 bits per heavy atom. The lowest BCUT2D eigenvalue weighted by Gasteiger charge is -2.02. The first kappa shape index (κ1) is 12.1. The number of hydrogen-bond acceptors (Lipinski definition) is 3. The van der Waals surface area contributed by atoms with E-state index in [-0.39, 0.29) is 0 Å². The Bertz CT molecular complexity index is 718. The zero-order valence-corrected chi connectivity index (χ0v) is 11.5. The van der Waals surface area contributed by atoms with Crippen molar-refractivity contribution in [1.82, 2.24) is 9.38 Å². The van der Waals surface area contributed by atoms with E-state index in [1.807, 2.05) is 30.3 Å². The highest BCUT2D eigenvalue weighted by atomic mass is 32.2. The maximum absolute atomic E-state index is 5.93. The van der Waals surface area contributed by atoms with Crippen molar-refractivity contribution in [2.24, 2.45) is 0 Å². The van der Waals surface area contributed by atoms with Gasteiger partial charge in [0.2, 0.25) is 0 Å². The van der Waals surface area contributed by atoms with Crippen LogP contribution >= 0.6 is 11.8 Å². The van der Waals surface area contributed by atoms with E-state index >= 15 is 0 Å². The van der Waals surface area contributed by atoms with E-state index in [2.05, 4.69) is 34.8 Å². The maximum Gasteiger partial charge on any atom is 0.137 e. The van der Waals surface area contributed by atoms with Gasteiger partial charge < -0.3 is 10.1 Å². The number of imidazole rings is 1. The quantitative estimate of drug-likeness (QED) is 0.584. The first-order valence-electron chi connectivity index (χ1n) is 6.14. The summed E-state index contributed by atoms with van der Waals surface area (Å²) in [6, 6.07) is 12.0. The minimum absolute atomic E-state index is 0.826. The van der Waals surface area contributed by atoms with Gasteiger partial charge in [0.05, 0.1) is 5.69 Å². The molecule has 0 radical (unpaired) electrons. The van der Waals surface area contributed by atoms with Crippen LogP contribution in [-0.2, 0) is 5.75 Å². The topological polar surface area (TPSA) is 43.3 Å². The lowest BCUT2D eigenvalue weighted by molar-refractivity contribution is 1.15. The maximum atomic E-state index is 5.93. The molecule has 0 atom stereocenters. The summed E-state index contributed by atoms with van der Waals surface area (Å²) in [6.45, 7) is 2.08. The van der Waals surface area contributed by atoms with E-state index in [4.69, 9.17) is 5.73 Å². The van der Waals surface area contributed by atoms with Gasteiger partial charge in [-0.05, 0) is 30.7 Å². The van der Waals surface area contributed by atoms with E-state index in [1.165, 1.54) is 5.56 Å². The molecule has 0 unspecified atom stereocenters. The number of nitrogen functional groups attached to an aromatic ring is 1. The molecular weight excluding hydrogens is 254 g/mol. The Morgan fingerprint density at radius 2 is 2.00 bits per heavy atom. The van der Waals surface area contributed by atoms with Crippen LogP contribution in [0.2, 0.25) is 0 Å². The number of aryl methyl sites for hydroxylation is 1. The van der Waals surface area contributed by atoms with E-state index in [9.17, 15) is 0 Å². The highest BCUT2D eigenvalue weighted by Gasteiger charge is 2.04. The number of nitrogens with two attached hydrogens (primary N) is 1. The summed E-state index contributed by atoms with van der Waals surface area (Å²) in [7, 11) is 0. The third-order valence-corrected chi connectivity index (χ3v) is 4.07. The Balaban J connectivity index is 1.80. The van der Waals surface area contributed by atoms with Crippen molar-refractivity contribution in [1.29, 1.82) is 0 Å². The largest absolute Gasteiger partial charge is 0.398 e. The molecule has 1 aromatic carbocycles. The van der Waals surface area contributed by atoms with E-state index < -0.39 is 0 Å². The van der Waals surface area contributed by atoms with Gasteiger partial charge in [-0.25, -0.2) is 4.98 Å². The summed E-state index contributed by atoms with van der Waals surface area (Å²) in [5.74, 6) is 0.828. The number of fused-ring (bicyclic) bond motifs is 1. The average Bonchev–Trinajstić information content (AvgIpc) is 2.79. The van der Waals surface area contributed by atoms with Crippen LogP contribution in [0.3, 0.4) is 0 Å². The highest BCUT2D eigenvalue weighted by molar-refractivity contribution is 7.98. The van der Waals surface area contributed by atoms with Crippen molar-refractivity contribution in [2.75, 3.05) is 5.73 Å². The molecule has 96 valence electrons. The van der Waals surface area contributed by atoms with Crippen LogP contribution < -0.4 is 5.73 Å². The Morgan fingerprint density at radius 3 is 2.84 bits per heavy atom. The normalized spacial score (nSPS) is 11.0. The molecular formula is C15H15N3S. The van der Waals surface area contributed by atoms with Crippen molar-refractivity contribution >= 4 is 23.1 Å². The summed E-state index contributed by atoms with van der Waals surface area (Å²) in [5.41, 5.74) is 10.0. The second kappa shape index (κ2) is 4.97. The van der Waals surface area contributed by atoms with Gasteiger partial charge in [0.1, 0.15) is 5.65 Å². The fourth-order valence-corrected chi connectivity index (χ4v) is 2.84. The molecule has 0 amide bonds. The number of benzene rings is 1. The Kier molecular flexibility index (Phi) is 3.17. The fraction of sp³-hybridized carbons (Fsp3) is 0.133. The fourth-order valence-electron chi connectivity index (χ4n) is 1.99. The molecule has 0 aliphatic heterocycles. The number of aromatic nitrogens is 2. The third kappa shape index (κ3) is 2.58. The van der Waals surface area contributed by atoms with Crippen LogP contribution in [0.15, 0.2) is 53.7 Å². The second-order valence-corrected chi connectivity index (χ2v) is 5.55. The van der Waals surface area contributed by atoms with Gasteiger partial charge in [-0.1, -0.05) is 18.2 Å². The number of nitrogens with zero attached hydrogens (tertiary/aromatic N) is 2. The molecule has 3 nitrogen and oxygen atoms in total. The van der Waals surface area contributed by atoms with Crippen LogP contribution in [0, 0.1) is 6.92 Å². The van der Waals surface area contributed by atoms with Crippen molar-refractivity contribution in [2.45, 2.75) is 17.6 Å². The molecule has 0 saturated carbocycles. The monoisotopic (exact) mass is 269 g/mol. The molecule has 2 N–H and O–H groups in total. The number of anilines is 1. The molecule has 2 heterocycles. The molecule has 0 aliphatic carbocycles. The first-order chi connectivity index (χ1) is 9.22. The van der Waals surface area contributed by atoms with Gasteiger partial charge in [0.25, 0.3) is 0 Å². The number of thioether (sulfide) groups is 1. The number of hydrogen-bond donors (Lipinski definition) is 1. The molecule has 0 spiro atoms. The van der Waals surface area contributed by atoms with Gasteiger partial charge in [-0.3, -0.25) is 0 Å². The minimum atomic E-state index is 0.826. The van der Waals surface area contributed by atoms with Crippen LogP contribution in [0.5, 0.6) is 0 Å². The third-order valence-electron chi connectivity index (χ3n) is 2.94. The van der Waals surface area contributed by atoms with Crippen LogP contribution in [-0.4, -0.2) is 9.38 Å². The van der Waals surface area contributed by atoms with Crippen LogP contribution in [0.25, 0.3) is 5.65 Å². The molecule has 0 aliphatic rings. The Hall–Kier alpha value is -1.94. The second-order valence-electron chi connectivity index (χ2n) is 4.53. The van der Waals surface area contributed by atoms with Gasteiger partial charge in [-0.2, -0.15) is 0 Å². The van der Waals surface area contributed by atoms with E-state index in [1.54, 1.807) is 11.8 Å².